The third-order valence-corrected chi connectivity index (χ3v) is 3.17. The number of ether oxygens (including phenoxy) is 2. The molecule has 20 heavy (non-hydrogen) atoms. The van der Waals surface area contributed by atoms with Gasteiger partial charge in [0.2, 0.25) is 0 Å². The number of methoxy groups -OCH3 is 1. The molecule has 1 aliphatic rings. The summed E-state index contributed by atoms with van der Waals surface area (Å²) < 4.78 is 9.97. The lowest BCUT2D eigenvalue weighted by Gasteiger charge is -2.10. The van der Waals surface area contributed by atoms with Crippen LogP contribution in [-0.2, 0) is 9.47 Å². The molecule has 1 unspecified atom stereocenters. The van der Waals surface area contributed by atoms with Gasteiger partial charge in [-0.2, -0.15) is 0 Å². The molecule has 0 spiro atoms. The molecule has 1 aliphatic heterocycles. The van der Waals surface area contributed by atoms with Gasteiger partial charge in [0.25, 0.3) is 0 Å². The Kier molecular flexibility index (Phi) is 2.95. The average molecular weight is 269 g/mol. The van der Waals surface area contributed by atoms with Crippen molar-refractivity contribution in [2.75, 3.05) is 7.11 Å². The molecule has 0 amide bonds. The Morgan fingerprint density at radius 2 is 2.00 bits per heavy atom. The van der Waals surface area contributed by atoms with Crippen LogP contribution in [0.5, 0.6) is 0 Å². The Balaban J connectivity index is 1.95. The molecule has 0 radical (unpaired) electrons. The number of pyridine rings is 1. The van der Waals surface area contributed by atoms with E-state index in [2.05, 4.69) is 9.72 Å². The van der Waals surface area contributed by atoms with E-state index in [-0.39, 0.29) is 5.97 Å². The van der Waals surface area contributed by atoms with Crippen molar-refractivity contribution in [3.05, 3.63) is 65.0 Å². The fourth-order valence-corrected chi connectivity index (χ4v) is 2.16. The van der Waals surface area contributed by atoms with Gasteiger partial charge in [-0.25, -0.2) is 9.59 Å². The fourth-order valence-electron chi connectivity index (χ4n) is 2.16. The Hall–Kier alpha value is -2.69. The van der Waals surface area contributed by atoms with Crippen LogP contribution in [0.15, 0.2) is 42.6 Å². The number of nitrogens with zero attached hydrogens (tertiary/aromatic N) is 1. The van der Waals surface area contributed by atoms with Crippen molar-refractivity contribution in [3.8, 4) is 0 Å². The molecule has 1 aromatic carbocycles. The number of hydrogen-bond donors (Lipinski definition) is 0. The first-order valence-electron chi connectivity index (χ1n) is 6.05. The normalized spacial score (nSPS) is 16.4. The third kappa shape index (κ3) is 1.93. The molecular weight excluding hydrogens is 258 g/mol. The molecule has 1 aromatic heterocycles. The Morgan fingerprint density at radius 1 is 1.25 bits per heavy atom. The lowest BCUT2D eigenvalue weighted by molar-refractivity contribution is 0.0451. The molecule has 2 aromatic rings. The minimum atomic E-state index is -0.523. The van der Waals surface area contributed by atoms with Crippen LogP contribution in [0.4, 0.5) is 0 Å². The Labute approximate surface area is 115 Å². The highest BCUT2D eigenvalue weighted by Crippen LogP contribution is 2.34. The van der Waals surface area contributed by atoms with Crippen molar-refractivity contribution in [1.82, 2.24) is 4.98 Å². The van der Waals surface area contributed by atoms with E-state index in [4.69, 9.17) is 4.74 Å². The summed E-state index contributed by atoms with van der Waals surface area (Å²) in [5, 5.41) is 0. The second-order valence-corrected chi connectivity index (χ2v) is 4.34. The number of esters is 2. The lowest BCUT2D eigenvalue weighted by Crippen LogP contribution is -2.04. The van der Waals surface area contributed by atoms with E-state index in [1.165, 1.54) is 7.11 Å². The Bertz CT molecular complexity index is 679. The third-order valence-electron chi connectivity index (χ3n) is 3.17. The number of aromatic nitrogens is 1. The molecule has 5 heteroatoms. The summed E-state index contributed by atoms with van der Waals surface area (Å²) in [6.45, 7) is 0. The van der Waals surface area contributed by atoms with E-state index < -0.39 is 12.1 Å². The summed E-state index contributed by atoms with van der Waals surface area (Å²) in [7, 11) is 1.33. The molecule has 0 N–H and O–H groups in total. The minimum absolute atomic E-state index is 0.379. The molecule has 0 aliphatic carbocycles. The maximum atomic E-state index is 11.7. The largest absolute Gasteiger partial charge is 0.465 e. The van der Waals surface area contributed by atoms with Crippen molar-refractivity contribution in [3.63, 3.8) is 0 Å². The van der Waals surface area contributed by atoms with Gasteiger partial charge in [0, 0.05) is 6.20 Å². The number of carbonyl (C=O) groups excluding carboxylic acids is 2. The quantitative estimate of drug-likeness (QED) is 0.781. The number of rotatable bonds is 2. The van der Waals surface area contributed by atoms with Crippen LogP contribution in [0.1, 0.15) is 38.1 Å². The van der Waals surface area contributed by atoms with Crippen LogP contribution in [0.2, 0.25) is 0 Å². The molecule has 5 nitrogen and oxygen atoms in total. The molecule has 1 atom stereocenters. The van der Waals surface area contributed by atoms with Gasteiger partial charge in [0.1, 0.15) is 5.69 Å². The first-order chi connectivity index (χ1) is 9.70. The SMILES string of the molecule is COC(=O)c1ccc(C2OC(=O)c3cccnc32)cc1. The van der Waals surface area contributed by atoms with E-state index in [1.807, 2.05) is 0 Å². The summed E-state index contributed by atoms with van der Waals surface area (Å²) in [5.41, 5.74) is 2.29. The van der Waals surface area contributed by atoms with Crippen LogP contribution in [-0.4, -0.2) is 24.0 Å². The molecule has 0 saturated carbocycles. The summed E-state index contributed by atoms with van der Waals surface area (Å²) in [6.07, 6.45) is 1.10. The van der Waals surface area contributed by atoms with Gasteiger partial charge in [-0.1, -0.05) is 12.1 Å². The summed E-state index contributed by atoms with van der Waals surface area (Å²) >= 11 is 0. The van der Waals surface area contributed by atoms with Gasteiger partial charge >= 0.3 is 11.9 Å². The first kappa shape index (κ1) is 12.3. The highest BCUT2D eigenvalue weighted by atomic mass is 16.5. The van der Waals surface area contributed by atoms with Gasteiger partial charge in [-0.15, -0.1) is 0 Å². The van der Waals surface area contributed by atoms with Crippen molar-refractivity contribution >= 4 is 11.9 Å². The van der Waals surface area contributed by atoms with Crippen LogP contribution in [0, 0.1) is 0 Å². The molecule has 0 fully saturated rings. The smallest absolute Gasteiger partial charge is 0.341 e. The van der Waals surface area contributed by atoms with Crippen molar-refractivity contribution in [2.24, 2.45) is 0 Å². The predicted molar refractivity (Wildman–Crippen MR) is 69.3 cm³/mol. The van der Waals surface area contributed by atoms with Crippen molar-refractivity contribution in [1.29, 1.82) is 0 Å². The maximum absolute atomic E-state index is 11.7. The number of fused-ring (bicyclic) bond motifs is 1. The van der Waals surface area contributed by atoms with Crippen LogP contribution in [0.3, 0.4) is 0 Å². The zero-order chi connectivity index (χ0) is 14.1. The van der Waals surface area contributed by atoms with Crippen LogP contribution in [0.25, 0.3) is 0 Å². The minimum Gasteiger partial charge on any atom is -0.465 e. The number of cyclic esters (lactones) is 1. The van der Waals surface area contributed by atoms with Gasteiger partial charge < -0.3 is 9.47 Å². The van der Waals surface area contributed by atoms with E-state index >= 15 is 0 Å². The van der Waals surface area contributed by atoms with Gasteiger partial charge in [0.15, 0.2) is 6.10 Å². The van der Waals surface area contributed by atoms with Gasteiger partial charge in [-0.3, -0.25) is 4.98 Å². The molecule has 0 saturated heterocycles. The van der Waals surface area contributed by atoms with Gasteiger partial charge in [0.05, 0.1) is 18.2 Å². The van der Waals surface area contributed by atoms with Crippen molar-refractivity contribution < 1.29 is 19.1 Å². The average Bonchev–Trinajstić information content (AvgIpc) is 2.84. The molecule has 100 valence electrons. The first-order valence-corrected chi connectivity index (χ1v) is 6.05. The zero-order valence-corrected chi connectivity index (χ0v) is 10.7. The fraction of sp³-hybridized carbons (Fsp3) is 0.133. The lowest BCUT2D eigenvalue weighted by atomic mass is 10.0. The molecule has 2 heterocycles. The predicted octanol–water partition coefficient (Wildman–Crippen LogP) is 2.13. The van der Waals surface area contributed by atoms with Crippen LogP contribution < -0.4 is 0 Å². The second-order valence-electron chi connectivity index (χ2n) is 4.34. The molecule has 0 bridgehead atoms. The topological polar surface area (TPSA) is 65.5 Å². The molecule has 3 rings (SSSR count). The number of hydrogen-bond acceptors (Lipinski definition) is 5. The van der Waals surface area contributed by atoms with E-state index in [0.29, 0.717) is 16.8 Å². The standard InChI is InChI=1S/C15H11NO4/c1-19-14(17)10-6-4-9(5-7-10)13-12-11(15(18)20-13)3-2-8-16-12/h2-8,13H,1H3. The van der Waals surface area contributed by atoms with Crippen molar-refractivity contribution in [2.45, 2.75) is 6.10 Å². The second kappa shape index (κ2) is 4.77. The zero-order valence-electron chi connectivity index (χ0n) is 10.7. The highest BCUT2D eigenvalue weighted by molar-refractivity contribution is 5.94. The summed E-state index contributed by atoms with van der Waals surface area (Å²) in [4.78, 5) is 27.3. The van der Waals surface area contributed by atoms with E-state index in [0.717, 1.165) is 5.56 Å². The summed E-state index contributed by atoms with van der Waals surface area (Å²) in [6, 6.07) is 10.1. The van der Waals surface area contributed by atoms with E-state index in [1.54, 1.807) is 42.6 Å². The van der Waals surface area contributed by atoms with Crippen LogP contribution >= 0.6 is 0 Å². The number of benzene rings is 1. The molecular formula is C15H11NO4. The number of carbonyl (C=O) groups is 2. The van der Waals surface area contributed by atoms with E-state index in [9.17, 15) is 9.59 Å². The van der Waals surface area contributed by atoms with Gasteiger partial charge in [-0.05, 0) is 29.8 Å². The Morgan fingerprint density at radius 3 is 2.70 bits per heavy atom. The maximum Gasteiger partial charge on any atom is 0.341 e. The summed E-state index contributed by atoms with van der Waals surface area (Å²) in [5.74, 6) is -0.784. The monoisotopic (exact) mass is 269 g/mol. The highest BCUT2D eigenvalue weighted by Gasteiger charge is 2.33.